The Labute approximate surface area is 164 Å². The Balaban J connectivity index is 1.44. The van der Waals surface area contributed by atoms with E-state index in [1.54, 1.807) is 25.8 Å². The van der Waals surface area contributed by atoms with Crippen LogP contribution in [0.15, 0.2) is 55.4 Å². The minimum atomic E-state index is 0.147. The highest BCUT2D eigenvalue weighted by Crippen LogP contribution is 2.26. The molecule has 0 saturated carbocycles. The van der Waals surface area contributed by atoms with Gasteiger partial charge in [0.05, 0.1) is 25.4 Å². The number of hydrogen-bond donors (Lipinski definition) is 0. The lowest BCUT2D eigenvalue weighted by molar-refractivity contribution is -0.131. The number of carbonyl (C=O) groups is 1. The molecule has 1 atom stereocenters. The number of nitrogens with zero attached hydrogens (tertiary/aromatic N) is 5. The van der Waals surface area contributed by atoms with Gasteiger partial charge in [-0.05, 0) is 30.5 Å². The van der Waals surface area contributed by atoms with Crippen LogP contribution in [0.25, 0.3) is 5.82 Å². The number of methoxy groups -OCH3 is 1. The number of amides is 1. The SMILES string of the molecule is COc1ccc(CC(=O)N2CCC[C@@H](c3cncc(-n4ccnc4)n3)C2)cc1. The summed E-state index contributed by atoms with van der Waals surface area (Å²) in [5.41, 5.74) is 1.92. The van der Waals surface area contributed by atoms with Gasteiger partial charge < -0.3 is 9.64 Å². The molecule has 1 fully saturated rings. The molecule has 1 aliphatic heterocycles. The van der Waals surface area contributed by atoms with E-state index in [9.17, 15) is 4.79 Å². The molecular weight excluding hydrogens is 354 g/mol. The van der Waals surface area contributed by atoms with Gasteiger partial charge in [0.25, 0.3) is 0 Å². The van der Waals surface area contributed by atoms with Crippen molar-refractivity contribution in [2.45, 2.75) is 25.2 Å². The number of imidazole rings is 1. The van der Waals surface area contributed by atoms with Crippen LogP contribution in [-0.4, -0.2) is 50.5 Å². The number of likely N-dealkylation sites (tertiary alicyclic amines) is 1. The zero-order valence-corrected chi connectivity index (χ0v) is 15.9. The van der Waals surface area contributed by atoms with Gasteiger partial charge in [0, 0.05) is 37.6 Å². The van der Waals surface area contributed by atoms with Gasteiger partial charge in [0.15, 0.2) is 5.82 Å². The second-order valence-corrected chi connectivity index (χ2v) is 6.98. The van der Waals surface area contributed by atoms with Gasteiger partial charge >= 0.3 is 0 Å². The fraction of sp³-hybridized carbons (Fsp3) is 0.333. The molecule has 0 radical (unpaired) electrons. The molecule has 28 heavy (non-hydrogen) atoms. The second kappa shape index (κ2) is 8.21. The summed E-state index contributed by atoms with van der Waals surface area (Å²) in [5.74, 6) is 1.89. The van der Waals surface area contributed by atoms with E-state index in [1.807, 2.05) is 46.1 Å². The first kappa shape index (κ1) is 18.2. The minimum Gasteiger partial charge on any atom is -0.497 e. The van der Waals surface area contributed by atoms with Crippen LogP contribution in [-0.2, 0) is 11.2 Å². The van der Waals surface area contributed by atoms with Crippen molar-refractivity contribution >= 4 is 5.91 Å². The lowest BCUT2D eigenvalue weighted by Gasteiger charge is -2.32. The number of benzene rings is 1. The predicted molar refractivity (Wildman–Crippen MR) is 104 cm³/mol. The van der Waals surface area contributed by atoms with Gasteiger partial charge in [-0.15, -0.1) is 0 Å². The van der Waals surface area contributed by atoms with Crippen molar-refractivity contribution in [2.75, 3.05) is 20.2 Å². The normalized spacial score (nSPS) is 16.8. The van der Waals surface area contributed by atoms with Crippen molar-refractivity contribution in [2.24, 2.45) is 0 Å². The van der Waals surface area contributed by atoms with E-state index in [0.29, 0.717) is 13.0 Å². The molecule has 144 valence electrons. The van der Waals surface area contributed by atoms with E-state index in [4.69, 9.17) is 9.72 Å². The van der Waals surface area contributed by atoms with Gasteiger partial charge in [-0.3, -0.25) is 14.3 Å². The van der Waals surface area contributed by atoms with Crippen molar-refractivity contribution in [3.8, 4) is 11.6 Å². The first-order valence-electron chi connectivity index (χ1n) is 9.44. The molecule has 2 aromatic heterocycles. The zero-order valence-electron chi connectivity index (χ0n) is 15.9. The maximum Gasteiger partial charge on any atom is 0.227 e. The summed E-state index contributed by atoms with van der Waals surface area (Å²) in [6.07, 6.45) is 11.2. The Bertz CT molecular complexity index is 924. The minimum absolute atomic E-state index is 0.147. The lowest BCUT2D eigenvalue weighted by atomic mass is 9.94. The van der Waals surface area contributed by atoms with E-state index in [2.05, 4.69) is 9.97 Å². The Kier molecular flexibility index (Phi) is 5.32. The molecule has 4 rings (SSSR count). The van der Waals surface area contributed by atoms with Gasteiger partial charge in [0.1, 0.15) is 12.1 Å². The van der Waals surface area contributed by atoms with Crippen LogP contribution < -0.4 is 4.74 Å². The van der Waals surface area contributed by atoms with Gasteiger partial charge in [0.2, 0.25) is 5.91 Å². The van der Waals surface area contributed by atoms with Crippen molar-refractivity contribution in [1.29, 1.82) is 0 Å². The van der Waals surface area contributed by atoms with Crippen molar-refractivity contribution in [1.82, 2.24) is 24.4 Å². The maximum absolute atomic E-state index is 12.8. The number of ether oxygens (including phenoxy) is 1. The molecule has 1 saturated heterocycles. The summed E-state index contributed by atoms with van der Waals surface area (Å²) in [4.78, 5) is 27.9. The van der Waals surface area contributed by atoms with E-state index in [1.165, 1.54) is 0 Å². The molecule has 0 unspecified atom stereocenters. The third-order valence-corrected chi connectivity index (χ3v) is 5.12. The number of piperidine rings is 1. The van der Waals surface area contributed by atoms with E-state index in [-0.39, 0.29) is 11.8 Å². The molecule has 7 heteroatoms. The molecular formula is C21H23N5O2. The van der Waals surface area contributed by atoms with Crippen molar-refractivity contribution in [3.05, 3.63) is 66.6 Å². The molecule has 3 aromatic rings. The van der Waals surface area contributed by atoms with Crippen molar-refractivity contribution < 1.29 is 9.53 Å². The van der Waals surface area contributed by atoms with Crippen LogP contribution in [0.5, 0.6) is 5.75 Å². The summed E-state index contributed by atoms with van der Waals surface area (Å²) in [6.45, 7) is 1.47. The Morgan fingerprint density at radius 2 is 2.07 bits per heavy atom. The van der Waals surface area contributed by atoms with E-state index < -0.39 is 0 Å². The van der Waals surface area contributed by atoms with Crippen molar-refractivity contribution in [3.63, 3.8) is 0 Å². The molecule has 7 nitrogen and oxygen atoms in total. The summed E-state index contributed by atoms with van der Waals surface area (Å²) < 4.78 is 7.02. The van der Waals surface area contributed by atoms with Gasteiger partial charge in [-0.25, -0.2) is 9.97 Å². The summed E-state index contributed by atoms with van der Waals surface area (Å²) in [6, 6.07) is 7.66. The Hall–Kier alpha value is -3.22. The van der Waals surface area contributed by atoms with Gasteiger partial charge in [-0.2, -0.15) is 0 Å². The Morgan fingerprint density at radius 1 is 1.21 bits per heavy atom. The fourth-order valence-corrected chi connectivity index (χ4v) is 3.56. The number of aromatic nitrogens is 4. The third kappa shape index (κ3) is 4.03. The quantitative estimate of drug-likeness (QED) is 0.683. The maximum atomic E-state index is 12.8. The largest absolute Gasteiger partial charge is 0.497 e. The second-order valence-electron chi connectivity index (χ2n) is 6.98. The molecule has 0 spiro atoms. The van der Waals surface area contributed by atoms with E-state index in [0.717, 1.165) is 42.2 Å². The topological polar surface area (TPSA) is 73.1 Å². The lowest BCUT2D eigenvalue weighted by Crippen LogP contribution is -2.40. The molecule has 1 aromatic carbocycles. The third-order valence-electron chi connectivity index (χ3n) is 5.12. The van der Waals surface area contributed by atoms with Crippen LogP contribution >= 0.6 is 0 Å². The van der Waals surface area contributed by atoms with Crippen LogP contribution in [0.3, 0.4) is 0 Å². The monoisotopic (exact) mass is 377 g/mol. The molecule has 3 heterocycles. The molecule has 1 aliphatic rings. The van der Waals surface area contributed by atoms with Crippen LogP contribution in [0.1, 0.15) is 30.0 Å². The molecule has 0 N–H and O–H groups in total. The zero-order chi connectivity index (χ0) is 19.3. The summed E-state index contributed by atoms with van der Waals surface area (Å²) >= 11 is 0. The van der Waals surface area contributed by atoms with Crippen LogP contribution in [0.4, 0.5) is 0 Å². The highest BCUT2D eigenvalue weighted by Gasteiger charge is 2.26. The molecule has 0 bridgehead atoms. The highest BCUT2D eigenvalue weighted by atomic mass is 16.5. The number of rotatable bonds is 5. The molecule has 1 amide bonds. The first-order chi connectivity index (χ1) is 13.7. The van der Waals surface area contributed by atoms with Crippen LogP contribution in [0, 0.1) is 0 Å². The summed E-state index contributed by atoms with van der Waals surface area (Å²) in [5, 5.41) is 0. The standard InChI is InChI=1S/C21H23N5O2/c1-28-18-6-4-16(5-7-18)11-21(27)25-9-2-3-17(14-25)19-12-23-13-20(24-19)26-10-8-22-15-26/h4-8,10,12-13,15,17H,2-3,9,11,14H2,1H3/t17-/m1/s1. The van der Waals surface area contributed by atoms with E-state index >= 15 is 0 Å². The Morgan fingerprint density at radius 3 is 2.82 bits per heavy atom. The first-order valence-corrected chi connectivity index (χ1v) is 9.44. The fourth-order valence-electron chi connectivity index (χ4n) is 3.56. The van der Waals surface area contributed by atoms with Crippen LogP contribution in [0.2, 0.25) is 0 Å². The smallest absolute Gasteiger partial charge is 0.227 e. The van der Waals surface area contributed by atoms with Gasteiger partial charge in [-0.1, -0.05) is 12.1 Å². The molecule has 0 aliphatic carbocycles. The summed E-state index contributed by atoms with van der Waals surface area (Å²) in [7, 11) is 1.64. The number of hydrogen-bond acceptors (Lipinski definition) is 5. The predicted octanol–water partition coefficient (Wildman–Crippen LogP) is 2.62. The highest BCUT2D eigenvalue weighted by molar-refractivity contribution is 5.79. The average Bonchev–Trinajstić information content (AvgIpc) is 3.29. The number of carbonyl (C=O) groups excluding carboxylic acids is 1. The average molecular weight is 377 g/mol.